The highest BCUT2D eigenvalue weighted by Gasteiger charge is 1.99. The summed E-state index contributed by atoms with van der Waals surface area (Å²) in [5.74, 6) is 1.50. The largest absolute Gasteiger partial charge is 0.494 e. The minimum atomic E-state index is 0.564. The van der Waals surface area contributed by atoms with Crippen molar-refractivity contribution in [3.05, 3.63) is 54.1 Å². The number of alkyl halides is 1. The predicted octanol–water partition coefficient (Wildman–Crippen LogP) is 5.37. The smallest absolute Gasteiger partial charge is 0.119 e. The molecule has 0 radical (unpaired) electrons. The minimum Gasteiger partial charge on any atom is -0.494 e. The van der Waals surface area contributed by atoms with Crippen LogP contribution in [0.4, 0.5) is 0 Å². The third kappa shape index (κ3) is 4.48. The highest BCUT2D eigenvalue weighted by molar-refractivity contribution is 7.99. The highest BCUT2D eigenvalue weighted by atomic mass is 35.5. The molecule has 0 spiro atoms. The molecule has 0 saturated carbocycles. The molecule has 0 atom stereocenters. The Morgan fingerprint density at radius 3 is 2.05 bits per heavy atom. The Hall–Kier alpha value is -1.12. The molecule has 2 aromatic rings. The summed E-state index contributed by atoms with van der Waals surface area (Å²) >= 11 is 7.52. The molecule has 2 aromatic carbocycles. The average molecular weight is 293 g/mol. The summed E-state index contributed by atoms with van der Waals surface area (Å²) in [7, 11) is 0. The standard InChI is InChI=1S/C16H17ClOS/c1-2-11-18-14-5-9-16(10-6-14)19-15-7-3-13(12-17)4-8-15/h3-10H,2,11-12H2,1H3. The van der Waals surface area contributed by atoms with Gasteiger partial charge in [0.15, 0.2) is 0 Å². The summed E-state index contributed by atoms with van der Waals surface area (Å²) in [6.45, 7) is 2.88. The molecule has 0 N–H and O–H groups in total. The van der Waals surface area contributed by atoms with Crippen LogP contribution in [0.15, 0.2) is 58.3 Å². The molecule has 2 rings (SSSR count). The molecule has 0 aliphatic rings. The fourth-order valence-corrected chi connectivity index (χ4v) is 2.60. The van der Waals surface area contributed by atoms with Crippen molar-refractivity contribution in [2.24, 2.45) is 0 Å². The van der Waals surface area contributed by atoms with Gasteiger partial charge >= 0.3 is 0 Å². The van der Waals surface area contributed by atoms with Gasteiger partial charge in [-0.2, -0.15) is 0 Å². The second-order valence-electron chi connectivity index (χ2n) is 4.20. The molecule has 0 saturated heterocycles. The lowest BCUT2D eigenvalue weighted by molar-refractivity contribution is 0.317. The van der Waals surface area contributed by atoms with E-state index in [1.807, 2.05) is 12.1 Å². The first-order valence-corrected chi connectivity index (χ1v) is 7.72. The van der Waals surface area contributed by atoms with Gasteiger partial charge in [0.05, 0.1) is 6.61 Å². The second kappa shape index (κ2) is 7.46. The van der Waals surface area contributed by atoms with Crippen LogP contribution in [-0.4, -0.2) is 6.61 Å². The van der Waals surface area contributed by atoms with Crippen molar-refractivity contribution in [2.75, 3.05) is 6.61 Å². The van der Waals surface area contributed by atoms with E-state index in [0.717, 1.165) is 24.3 Å². The summed E-state index contributed by atoms with van der Waals surface area (Å²) in [6, 6.07) is 16.5. The van der Waals surface area contributed by atoms with E-state index < -0.39 is 0 Å². The molecule has 0 aliphatic carbocycles. The normalized spacial score (nSPS) is 10.4. The van der Waals surface area contributed by atoms with Crippen LogP contribution in [0, 0.1) is 0 Å². The zero-order valence-electron chi connectivity index (χ0n) is 10.9. The molecule has 100 valence electrons. The lowest BCUT2D eigenvalue weighted by Crippen LogP contribution is -1.94. The van der Waals surface area contributed by atoms with Gasteiger partial charge < -0.3 is 4.74 Å². The molecule has 0 unspecified atom stereocenters. The quantitative estimate of drug-likeness (QED) is 0.662. The molecule has 0 aromatic heterocycles. The molecule has 0 fully saturated rings. The number of ether oxygens (including phenoxy) is 1. The van der Waals surface area contributed by atoms with Crippen molar-refractivity contribution in [1.29, 1.82) is 0 Å². The summed E-state index contributed by atoms with van der Waals surface area (Å²) in [5, 5.41) is 0. The van der Waals surface area contributed by atoms with Crippen LogP contribution in [-0.2, 0) is 5.88 Å². The Balaban J connectivity index is 1.98. The van der Waals surface area contributed by atoms with Crippen LogP contribution in [0.2, 0.25) is 0 Å². The zero-order valence-corrected chi connectivity index (χ0v) is 12.5. The van der Waals surface area contributed by atoms with Gasteiger partial charge in [0.25, 0.3) is 0 Å². The number of hydrogen-bond donors (Lipinski definition) is 0. The van der Waals surface area contributed by atoms with Crippen LogP contribution in [0.5, 0.6) is 5.75 Å². The fourth-order valence-electron chi connectivity index (χ4n) is 1.61. The maximum absolute atomic E-state index is 5.78. The summed E-state index contributed by atoms with van der Waals surface area (Å²) in [5.41, 5.74) is 1.15. The van der Waals surface area contributed by atoms with Crippen LogP contribution < -0.4 is 4.74 Å². The van der Waals surface area contributed by atoms with Crippen molar-refractivity contribution < 1.29 is 4.74 Å². The predicted molar refractivity (Wildman–Crippen MR) is 82.4 cm³/mol. The van der Waals surface area contributed by atoms with Crippen LogP contribution in [0.1, 0.15) is 18.9 Å². The van der Waals surface area contributed by atoms with Gasteiger partial charge in [-0.1, -0.05) is 30.8 Å². The van der Waals surface area contributed by atoms with Gasteiger partial charge in [-0.15, -0.1) is 11.6 Å². The molecule has 1 nitrogen and oxygen atoms in total. The highest BCUT2D eigenvalue weighted by Crippen LogP contribution is 2.29. The first-order chi connectivity index (χ1) is 9.31. The van der Waals surface area contributed by atoms with E-state index in [0.29, 0.717) is 5.88 Å². The van der Waals surface area contributed by atoms with E-state index in [1.165, 1.54) is 9.79 Å². The molecule has 0 bridgehead atoms. The lowest BCUT2D eigenvalue weighted by Gasteiger charge is -2.06. The van der Waals surface area contributed by atoms with Crippen molar-refractivity contribution in [3.8, 4) is 5.75 Å². The van der Waals surface area contributed by atoms with E-state index in [2.05, 4.69) is 43.3 Å². The number of hydrogen-bond acceptors (Lipinski definition) is 2. The molecule has 3 heteroatoms. The SMILES string of the molecule is CCCOc1ccc(Sc2ccc(CCl)cc2)cc1. The summed E-state index contributed by atoms with van der Waals surface area (Å²) in [4.78, 5) is 2.43. The first-order valence-electron chi connectivity index (χ1n) is 6.37. The molecular weight excluding hydrogens is 276 g/mol. The maximum Gasteiger partial charge on any atom is 0.119 e. The Labute approximate surface area is 123 Å². The number of benzene rings is 2. The van der Waals surface area contributed by atoms with Gasteiger partial charge in [-0.3, -0.25) is 0 Å². The molecule has 0 heterocycles. The van der Waals surface area contributed by atoms with Gasteiger partial charge in [-0.25, -0.2) is 0 Å². The third-order valence-corrected chi connectivity index (χ3v) is 3.93. The second-order valence-corrected chi connectivity index (χ2v) is 5.61. The first kappa shape index (κ1) is 14.3. The maximum atomic E-state index is 5.78. The minimum absolute atomic E-state index is 0.564. The van der Waals surface area contributed by atoms with E-state index in [9.17, 15) is 0 Å². The van der Waals surface area contributed by atoms with Gasteiger partial charge in [0.1, 0.15) is 5.75 Å². The van der Waals surface area contributed by atoms with Gasteiger partial charge in [-0.05, 0) is 48.4 Å². The van der Waals surface area contributed by atoms with Crippen LogP contribution in [0.25, 0.3) is 0 Å². The van der Waals surface area contributed by atoms with Crippen molar-refractivity contribution >= 4 is 23.4 Å². The Morgan fingerprint density at radius 1 is 0.947 bits per heavy atom. The van der Waals surface area contributed by atoms with Crippen LogP contribution in [0.3, 0.4) is 0 Å². The Kier molecular flexibility index (Phi) is 5.62. The van der Waals surface area contributed by atoms with E-state index in [-0.39, 0.29) is 0 Å². The Bertz CT molecular complexity index is 493. The molecule has 0 aliphatic heterocycles. The van der Waals surface area contributed by atoms with Gasteiger partial charge in [0.2, 0.25) is 0 Å². The van der Waals surface area contributed by atoms with E-state index in [1.54, 1.807) is 11.8 Å². The summed E-state index contributed by atoms with van der Waals surface area (Å²) < 4.78 is 5.57. The van der Waals surface area contributed by atoms with Gasteiger partial charge in [0, 0.05) is 15.7 Å². The fraction of sp³-hybridized carbons (Fsp3) is 0.250. The summed E-state index contributed by atoms with van der Waals surface area (Å²) in [6.07, 6.45) is 1.03. The van der Waals surface area contributed by atoms with E-state index >= 15 is 0 Å². The van der Waals surface area contributed by atoms with Crippen LogP contribution >= 0.6 is 23.4 Å². The van der Waals surface area contributed by atoms with Crippen molar-refractivity contribution in [2.45, 2.75) is 29.0 Å². The van der Waals surface area contributed by atoms with Crippen molar-refractivity contribution in [3.63, 3.8) is 0 Å². The molecule has 19 heavy (non-hydrogen) atoms. The molecular formula is C16H17ClOS. The Morgan fingerprint density at radius 2 is 1.53 bits per heavy atom. The van der Waals surface area contributed by atoms with Crippen molar-refractivity contribution in [1.82, 2.24) is 0 Å². The van der Waals surface area contributed by atoms with E-state index in [4.69, 9.17) is 16.3 Å². The lowest BCUT2D eigenvalue weighted by atomic mass is 10.2. The monoisotopic (exact) mass is 292 g/mol. The number of rotatable bonds is 6. The topological polar surface area (TPSA) is 9.23 Å². The third-order valence-electron chi connectivity index (χ3n) is 2.61. The zero-order chi connectivity index (χ0) is 13.5. The average Bonchev–Trinajstić information content (AvgIpc) is 2.47. The molecule has 0 amide bonds. The number of halogens is 1.